The summed E-state index contributed by atoms with van der Waals surface area (Å²) >= 11 is 1.17. The predicted molar refractivity (Wildman–Crippen MR) is 161 cm³/mol. The zero-order valence-electron chi connectivity index (χ0n) is 23.3. The van der Waals surface area contributed by atoms with Crippen molar-refractivity contribution in [3.05, 3.63) is 82.6 Å². The average Bonchev–Trinajstić information content (AvgIpc) is 3.61. The summed E-state index contributed by atoms with van der Waals surface area (Å²) in [5.41, 5.74) is 20.6. The first-order valence-corrected chi connectivity index (χ1v) is 14.6. The van der Waals surface area contributed by atoms with Gasteiger partial charge in [-0.25, -0.2) is 15.0 Å². The summed E-state index contributed by atoms with van der Waals surface area (Å²) in [7, 11) is 0. The molecule has 220 valence electrons. The van der Waals surface area contributed by atoms with Gasteiger partial charge in [0.25, 0.3) is 5.91 Å². The monoisotopic (exact) mass is 598 g/mol. The maximum absolute atomic E-state index is 14.1. The van der Waals surface area contributed by atoms with Gasteiger partial charge in [-0.05, 0) is 56.0 Å². The molecular formula is C30H30N8O4S. The maximum Gasteiger partial charge on any atom is 0.323 e. The lowest BCUT2D eigenvalue weighted by molar-refractivity contribution is -0.124. The lowest BCUT2D eigenvalue weighted by Gasteiger charge is -2.37. The maximum atomic E-state index is 14.1. The number of carbonyl (C=O) groups excluding carboxylic acids is 3. The molecule has 2 amide bonds. The zero-order chi connectivity index (χ0) is 30.5. The highest BCUT2D eigenvalue weighted by molar-refractivity contribution is 7.21. The molecule has 43 heavy (non-hydrogen) atoms. The Kier molecular flexibility index (Phi) is 7.16. The molecule has 0 saturated heterocycles. The lowest BCUT2D eigenvalue weighted by atomic mass is 9.70. The smallest absolute Gasteiger partial charge is 0.323 e. The molecule has 3 aromatic heterocycles. The number of Topliss-reactive ketones (excluding diaryl/α,β-unsaturated/α-hetero) is 1. The molecule has 6 rings (SSSR count). The van der Waals surface area contributed by atoms with Crippen molar-refractivity contribution in [3.8, 4) is 11.9 Å². The minimum atomic E-state index is -1.67. The van der Waals surface area contributed by atoms with Crippen molar-refractivity contribution >= 4 is 44.7 Å². The molecule has 0 aliphatic heterocycles. The van der Waals surface area contributed by atoms with Gasteiger partial charge in [-0.1, -0.05) is 12.6 Å². The van der Waals surface area contributed by atoms with Gasteiger partial charge in [-0.15, -0.1) is 11.3 Å². The van der Waals surface area contributed by atoms with Crippen molar-refractivity contribution < 1.29 is 19.1 Å². The summed E-state index contributed by atoms with van der Waals surface area (Å²) in [6.45, 7) is 5.22. The molecule has 1 aromatic carbocycles. The quantitative estimate of drug-likeness (QED) is 0.155. The van der Waals surface area contributed by atoms with E-state index in [9.17, 15) is 14.4 Å². The number of hydrogen-bond acceptors (Lipinski definition) is 11. The van der Waals surface area contributed by atoms with Gasteiger partial charge < -0.3 is 32.6 Å². The number of nitrogens with one attached hydrogen (secondary N) is 2. The molecule has 2 unspecified atom stereocenters. The summed E-state index contributed by atoms with van der Waals surface area (Å²) in [5, 5.41) is 6.52. The van der Waals surface area contributed by atoms with Crippen molar-refractivity contribution in [1.82, 2.24) is 25.6 Å². The topological polar surface area (TPSA) is 201 Å². The van der Waals surface area contributed by atoms with E-state index in [1.54, 1.807) is 49.6 Å². The fourth-order valence-electron chi connectivity index (χ4n) is 6.05. The molecule has 4 aromatic rings. The molecule has 1 saturated carbocycles. The molecule has 8 N–H and O–H groups in total. The Morgan fingerprint density at radius 1 is 1.12 bits per heavy atom. The van der Waals surface area contributed by atoms with E-state index in [0.29, 0.717) is 49.5 Å². The van der Waals surface area contributed by atoms with E-state index in [4.69, 9.17) is 21.9 Å². The van der Waals surface area contributed by atoms with Gasteiger partial charge >= 0.3 is 6.01 Å². The van der Waals surface area contributed by atoms with Gasteiger partial charge in [0.05, 0.1) is 15.6 Å². The van der Waals surface area contributed by atoms with E-state index in [1.165, 1.54) is 17.4 Å². The fraction of sp³-hybridized carbons (Fsp3) is 0.267. The lowest BCUT2D eigenvalue weighted by Crippen LogP contribution is -2.53. The molecule has 0 bridgehead atoms. The van der Waals surface area contributed by atoms with Crippen LogP contribution in [0.4, 0.5) is 5.69 Å². The highest BCUT2D eigenvalue weighted by Crippen LogP contribution is 2.50. The van der Waals surface area contributed by atoms with Crippen molar-refractivity contribution in [2.75, 3.05) is 5.73 Å². The second-order valence-corrected chi connectivity index (χ2v) is 11.7. The second-order valence-electron chi connectivity index (χ2n) is 10.6. The molecule has 3 heterocycles. The van der Waals surface area contributed by atoms with Crippen LogP contribution in [0.25, 0.3) is 10.1 Å². The van der Waals surface area contributed by atoms with Crippen LogP contribution in [0.2, 0.25) is 0 Å². The minimum Gasteiger partial charge on any atom is -0.405 e. The van der Waals surface area contributed by atoms with Crippen molar-refractivity contribution in [3.63, 3.8) is 0 Å². The Balaban J connectivity index is 1.40. The van der Waals surface area contributed by atoms with Crippen molar-refractivity contribution in [2.45, 2.75) is 49.9 Å². The van der Waals surface area contributed by atoms with E-state index in [2.05, 4.69) is 32.2 Å². The third-order valence-electron chi connectivity index (χ3n) is 8.09. The number of rotatable bonds is 7. The van der Waals surface area contributed by atoms with E-state index in [-0.39, 0.29) is 35.8 Å². The number of ketones is 1. The molecule has 13 heteroatoms. The molecular weight excluding hydrogens is 568 g/mol. The number of aryl methyl sites for hydroxylation is 1. The van der Waals surface area contributed by atoms with Crippen molar-refractivity contribution in [1.29, 1.82) is 0 Å². The fourth-order valence-corrected chi connectivity index (χ4v) is 7.25. The normalized spacial score (nSPS) is 22.8. The Morgan fingerprint density at radius 2 is 1.81 bits per heavy atom. The van der Waals surface area contributed by atoms with E-state index in [0.717, 1.165) is 12.8 Å². The van der Waals surface area contributed by atoms with Gasteiger partial charge in [0, 0.05) is 58.4 Å². The molecule has 0 radical (unpaired) electrons. The van der Waals surface area contributed by atoms with Gasteiger partial charge in [0.2, 0.25) is 11.8 Å². The molecule has 2 aliphatic rings. The summed E-state index contributed by atoms with van der Waals surface area (Å²) in [5.74, 6) is -0.942. The van der Waals surface area contributed by atoms with Crippen LogP contribution < -0.4 is 32.6 Å². The molecule has 1 fully saturated rings. The Bertz CT molecular complexity index is 1790. The summed E-state index contributed by atoms with van der Waals surface area (Å²) in [6, 6.07) is 6.72. The SMILES string of the molecule is C=CC(=O)N[C@H]1CCC[C@H]1NC(=O)c1sc2c(N)ccc3c2c1C(N)C(=O)C3(N)c1ccc(Oc2ncccn2)nc1C. The standard InChI is InChI=1S/C30H30N8O4S/c1-3-20(39)37-18-6-4-7-19(18)38-28(41)26-23-22-16(8-10-17(31)25(22)43-26)30(33,27(40)24(23)32)15-9-11-21(36-14(15)2)42-29-34-12-5-13-35-29/h3,5,8-13,18-19,24H,1,4,6-7,31-33H2,2H3,(H,37,39)(H,38,41)/t18-,19+,24?,30?/m0/s1. The van der Waals surface area contributed by atoms with Gasteiger partial charge in [0.1, 0.15) is 5.54 Å². The largest absolute Gasteiger partial charge is 0.405 e. The van der Waals surface area contributed by atoms with Crippen LogP contribution in [0.3, 0.4) is 0 Å². The Labute approximate surface area is 250 Å². The van der Waals surface area contributed by atoms with Gasteiger partial charge in [0.15, 0.2) is 5.78 Å². The van der Waals surface area contributed by atoms with Crippen LogP contribution in [-0.2, 0) is 15.1 Å². The van der Waals surface area contributed by atoms with Gasteiger partial charge in [-0.3, -0.25) is 14.4 Å². The number of nitrogens with two attached hydrogens (primary N) is 3. The number of carbonyl (C=O) groups is 3. The minimum absolute atomic E-state index is 0.126. The van der Waals surface area contributed by atoms with E-state index < -0.39 is 17.4 Å². The number of thiophene rings is 1. The molecule has 12 nitrogen and oxygen atoms in total. The number of nitrogen functional groups attached to an aromatic ring is 1. The van der Waals surface area contributed by atoms with Gasteiger partial charge in [-0.2, -0.15) is 0 Å². The van der Waals surface area contributed by atoms with Crippen LogP contribution in [0.1, 0.15) is 57.4 Å². The number of hydrogen-bond donors (Lipinski definition) is 5. The first-order chi connectivity index (χ1) is 20.6. The highest BCUT2D eigenvalue weighted by Gasteiger charge is 2.49. The summed E-state index contributed by atoms with van der Waals surface area (Å²) in [6.07, 6.45) is 6.56. The summed E-state index contributed by atoms with van der Waals surface area (Å²) < 4.78 is 6.28. The second kappa shape index (κ2) is 10.8. The van der Waals surface area contributed by atoms with E-state index >= 15 is 0 Å². The molecule has 0 spiro atoms. The number of benzene rings is 1. The third-order valence-corrected chi connectivity index (χ3v) is 9.34. The van der Waals surface area contributed by atoms with Crippen LogP contribution in [0.15, 0.2) is 55.4 Å². The van der Waals surface area contributed by atoms with Crippen LogP contribution in [0, 0.1) is 6.92 Å². The number of aromatic nitrogens is 3. The Morgan fingerprint density at radius 3 is 2.51 bits per heavy atom. The molecule has 4 atom stereocenters. The first-order valence-electron chi connectivity index (χ1n) is 13.7. The number of nitrogens with zero attached hydrogens (tertiary/aromatic N) is 3. The summed E-state index contributed by atoms with van der Waals surface area (Å²) in [4.78, 5) is 52.7. The van der Waals surface area contributed by atoms with Crippen molar-refractivity contribution in [2.24, 2.45) is 11.5 Å². The Hall–Kier alpha value is -4.72. The number of amides is 2. The average molecular weight is 599 g/mol. The number of ether oxygens (including phenoxy) is 1. The number of anilines is 1. The third kappa shape index (κ3) is 4.71. The van der Waals surface area contributed by atoms with Crippen LogP contribution >= 0.6 is 11.3 Å². The zero-order valence-corrected chi connectivity index (χ0v) is 24.1. The predicted octanol–water partition coefficient (Wildman–Crippen LogP) is 2.51. The van der Waals surface area contributed by atoms with Crippen LogP contribution in [0.5, 0.6) is 11.9 Å². The number of pyridine rings is 1. The van der Waals surface area contributed by atoms with E-state index in [1.807, 2.05) is 0 Å². The highest BCUT2D eigenvalue weighted by atomic mass is 32.1. The van der Waals surface area contributed by atoms with Crippen LogP contribution in [-0.4, -0.2) is 44.6 Å². The first kappa shape index (κ1) is 28.4. The molecule has 2 aliphatic carbocycles.